The van der Waals surface area contributed by atoms with Gasteiger partial charge in [0.1, 0.15) is 29.9 Å². The van der Waals surface area contributed by atoms with Crippen molar-refractivity contribution in [2.24, 2.45) is 0 Å². The summed E-state index contributed by atoms with van der Waals surface area (Å²) in [6.45, 7) is 3.57. The average molecular weight is 410 g/mol. The van der Waals surface area contributed by atoms with Gasteiger partial charge in [-0.2, -0.15) is 10.4 Å². The molecular weight excluding hydrogens is 390 g/mol. The molecule has 2 N–H and O–H groups in total. The highest BCUT2D eigenvalue weighted by molar-refractivity contribution is 5.61. The molecule has 1 aliphatic heterocycles. The highest BCUT2D eigenvalue weighted by Crippen LogP contribution is 2.40. The fourth-order valence-electron chi connectivity index (χ4n) is 3.92. The van der Waals surface area contributed by atoms with Crippen LogP contribution in [0.2, 0.25) is 0 Å². The van der Waals surface area contributed by atoms with Crippen LogP contribution in [-0.4, -0.2) is 25.9 Å². The second kappa shape index (κ2) is 7.48. The molecule has 3 atom stereocenters. The van der Waals surface area contributed by atoms with Crippen molar-refractivity contribution in [2.75, 3.05) is 5.01 Å². The summed E-state index contributed by atoms with van der Waals surface area (Å²) in [7, 11) is 0. The number of halogens is 2. The molecule has 0 spiro atoms. The molecule has 0 saturated carbocycles. The van der Waals surface area contributed by atoms with E-state index in [1.165, 1.54) is 23.4 Å². The van der Waals surface area contributed by atoms with Crippen LogP contribution < -0.4 is 10.4 Å². The van der Waals surface area contributed by atoms with Gasteiger partial charge < -0.3 is 10.1 Å². The maximum Gasteiger partial charge on any atom is 0.137 e. The summed E-state index contributed by atoms with van der Waals surface area (Å²) in [6.07, 6.45) is 2.74. The zero-order chi connectivity index (χ0) is 21.5. The van der Waals surface area contributed by atoms with Gasteiger partial charge in [-0.25, -0.2) is 23.9 Å². The molecule has 30 heavy (non-hydrogen) atoms. The van der Waals surface area contributed by atoms with Crippen LogP contribution in [0.25, 0.3) is 0 Å². The molecule has 9 heteroatoms. The molecule has 2 heterocycles. The van der Waals surface area contributed by atoms with Gasteiger partial charge in [-0.3, -0.25) is 0 Å². The van der Waals surface area contributed by atoms with Gasteiger partial charge in [-0.05, 0) is 43.7 Å². The van der Waals surface area contributed by atoms with E-state index in [-0.39, 0.29) is 18.2 Å². The van der Waals surface area contributed by atoms with Crippen LogP contribution in [0.4, 0.5) is 14.5 Å². The van der Waals surface area contributed by atoms with E-state index in [9.17, 15) is 19.1 Å². The number of benzene rings is 2. The number of hydrazine groups is 1. The van der Waals surface area contributed by atoms with Crippen molar-refractivity contribution in [1.82, 2.24) is 20.2 Å². The minimum Gasteiger partial charge on any atom is -0.381 e. The van der Waals surface area contributed by atoms with Crippen molar-refractivity contribution in [3.05, 3.63) is 77.4 Å². The van der Waals surface area contributed by atoms with Crippen LogP contribution in [0.3, 0.4) is 0 Å². The topological polar surface area (TPSA) is 90.0 Å². The van der Waals surface area contributed by atoms with E-state index in [2.05, 4.69) is 21.6 Å². The van der Waals surface area contributed by atoms with Gasteiger partial charge in [0, 0.05) is 11.6 Å². The molecule has 154 valence electrons. The van der Waals surface area contributed by atoms with Gasteiger partial charge in [0.15, 0.2) is 0 Å². The summed E-state index contributed by atoms with van der Waals surface area (Å²) in [5.74, 6) is -1.58. The van der Waals surface area contributed by atoms with Crippen LogP contribution in [0.1, 0.15) is 36.6 Å². The van der Waals surface area contributed by atoms with E-state index >= 15 is 0 Å². The predicted octanol–water partition coefficient (Wildman–Crippen LogP) is 2.79. The molecule has 2 aromatic carbocycles. The van der Waals surface area contributed by atoms with Gasteiger partial charge >= 0.3 is 0 Å². The smallest absolute Gasteiger partial charge is 0.137 e. The molecule has 0 amide bonds. The van der Waals surface area contributed by atoms with Crippen molar-refractivity contribution >= 4 is 5.69 Å². The molecule has 0 aliphatic carbocycles. The van der Waals surface area contributed by atoms with E-state index < -0.39 is 23.3 Å². The molecule has 1 unspecified atom stereocenters. The van der Waals surface area contributed by atoms with Crippen molar-refractivity contribution in [1.29, 1.82) is 5.26 Å². The van der Waals surface area contributed by atoms with Crippen LogP contribution in [0.15, 0.2) is 49.1 Å². The lowest BCUT2D eigenvalue weighted by Gasteiger charge is -2.40. The number of aliphatic hydroxyl groups is 1. The minimum atomic E-state index is -1.78. The maximum atomic E-state index is 14.8. The number of anilines is 1. The molecule has 0 fully saturated rings. The van der Waals surface area contributed by atoms with Crippen molar-refractivity contribution < 1.29 is 13.9 Å². The summed E-state index contributed by atoms with van der Waals surface area (Å²) in [6, 6.07) is 9.68. The Morgan fingerprint density at radius 2 is 2.10 bits per heavy atom. The number of nitriles is 1. The number of hydrogen-bond donors (Lipinski definition) is 2. The fourth-order valence-corrected chi connectivity index (χ4v) is 3.92. The molecule has 0 bridgehead atoms. The van der Waals surface area contributed by atoms with Gasteiger partial charge in [-0.15, -0.1) is 0 Å². The summed E-state index contributed by atoms with van der Waals surface area (Å²) < 4.78 is 29.7. The monoisotopic (exact) mass is 410 g/mol. The summed E-state index contributed by atoms with van der Waals surface area (Å²) in [5.41, 5.74) is 3.63. The highest BCUT2D eigenvalue weighted by Gasteiger charge is 2.44. The zero-order valence-corrected chi connectivity index (χ0v) is 16.4. The van der Waals surface area contributed by atoms with Gasteiger partial charge in [0.2, 0.25) is 0 Å². The lowest BCUT2D eigenvalue weighted by Crippen LogP contribution is -2.55. The summed E-state index contributed by atoms with van der Waals surface area (Å²) in [4.78, 5) is 3.89. The quantitative estimate of drug-likeness (QED) is 0.672. The van der Waals surface area contributed by atoms with Crippen LogP contribution in [0, 0.1) is 23.0 Å². The third-order valence-electron chi connectivity index (χ3n) is 5.56. The zero-order valence-electron chi connectivity index (χ0n) is 16.4. The Balaban J connectivity index is 1.79. The van der Waals surface area contributed by atoms with E-state index in [1.807, 2.05) is 6.92 Å². The standard InChI is InChI=1S/C21H20F2N6O/c1-13-17-7-15(9-24)3-6-20(17)29(27-13)14(2)21(30,10-28-12-25-11-26-28)18-5-4-16(22)8-19(18)23/h3-8,11-14,27,30H,10H2,1-2H3/t13?,14-,21-/m1/s1. The van der Waals surface area contributed by atoms with Crippen LogP contribution in [0.5, 0.6) is 0 Å². The lowest BCUT2D eigenvalue weighted by molar-refractivity contribution is -0.0136. The Labute approximate surface area is 172 Å². The van der Waals surface area contributed by atoms with Crippen molar-refractivity contribution in [3.63, 3.8) is 0 Å². The first kappa shape index (κ1) is 19.9. The van der Waals surface area contributed by atoms with Crippen molar-refractivity contribution in [3.8, 4) is 6.07 Å². The molecule has 7 nitrogen and oxygen atoms in total. The Morgan fingerprint density at radius 1 is 1.30 bits per heavy atom. The molecule has 0 saturated heterocycles. The van der Waals surface area contributed by atoms with Crippen LogP contribution in [-0.2, 0) is 12.1 Å². The summed E-state index contributed by atoms with van der Waals surface area (Å²) in [5, 5.41) is 26.8. The first-order chi connectivity index (χ1) is 14.3. The third-order valence-corrected chi connectivity index (χ3v) is 5.56. The van der Waals surface area contributed by atoms with E-state index in [0.29, 0.717) is 5.56 Å². The number of nitrogens with zero attached hydrogens (tertiary/aromatic N) is 5. The Bertz CT molecular complexity index is 1110. The highest BCUT2D eigenvalue weighted by atomic mass is 19.1. The van der Waals surface area contributed by atoms with Crippen molar-refractivity contribution in [2.45, 2.75) is 38.1 Å². The Hall–Kier alpha value is -3.35. The first-order valence-corrected chi connectivity index (χ1v) is 9.43. The van der Waals surface area contributed by atoms with Gasteiger partial charge in [0.25, 0.3) is 0 Å². The average Bonchev–Trinajstić information content (AvgIpc) is 3.34. The number of fused-ring (bicyclic) bond motifs is 1. The summed E-state index contributed by atoms with van der Waals surface area (Å²) >= 11 is 0. The normalized spacial score (nSPS) is 18.5. The van der Waals surface area contributed by atoms with E-state index in [1.54, 1.807) is 30.1 Å². The van der Waals surface area contributed by atoms with Gasteiger partial charge in [-0.1, -0.05) is 6.07 Å². The number of aromatic nitrogens is 3. The second-order valence-corrected chi connectivity index (χ2v) is 7.42. The predicted molar refractivity (Wildman–Crippen MR) is 105 cm³/mol. The lowest BCUT2D eigenvalue weighted by atomic mass is 9.85. The molecule has 1 aromatic heterocycles. The molecule has 3 aromatic rings. The Morgan fingerprint density at radius 3 is 2.77 bits per heavy atom. The van der Waals surface area contributed by atoms with Gasteiger partial charge in [0.05, 0.1) is 35.9 Å². The number of nitrogens with one attached hydrogen (secondary N) is 1. The third kappa shape index (κ3) is 3.30. The largest absolute Gasteiger partial charge is 0.381 e. The SMILES string of the molecule is CC1NN([C@H](C)[C@](O)(Cn2cncn2)c2ccc(F)cc2F)c2ccc(C#N)cc21. The molecule has 0 radical (unpaired) electrons. The molecule has 4 rings (SSSR count). The second-order valence-electron chi connectivity index (χ2n) is 7.42. The number of rotatable bonds is 5. The van der Waals surface area contributed by atoms with E-state index in [0.717, 1.165) is 23.4 Å². The van der Waals surface area contributed by atoms with E-state index in [4.69, 9.17) is 0 Å². The van der Waals surface area contributed by atoms with Crippen LogP contribution >= 0.6 is 0 Å². The minimum absolute atomic E-state index is 0.0524. The first-order valence-electron chi connectivity index (χ1n) is 9.43. The Kier molecular flexibility index (Phi) is 4.97. The maximum absolute atomic E-state index is 14.8. The molecule has 1 aliphatic rings. The fraction of sp³-hybridized carbons (Fsp3) is 0.286. The number of hydrogen-bond acceptors (Lipinski definition) is 6. The molecular formula is C21H20F2N6O.